The Balaban J connectivity index is 2.18. The Hall–Kier alpha value is -1.19. The number of hydrogen-bond donors (Lipinski definition) is 1. The molecular formula is C18H24FNS. The number of rotatable bonds is 4. The lowest BCUT2D eigenvalue weighted by Crippen LogP contribution is -2.32. The molecule has 0 saturated heterocycles. The summed E-state index contributed by atoms with van der Waals surface area (Å²) in [5.41, 5.74) is 2.55. The number of halogens is 1. The second kappa shape index (κ2) is 6.29. The van der Waals surface area contributed by atoms with E-state index < -0.39 is 0 Å². The van der Waals surface area contributed by atoms with Crippen LogP contribution in [0.4, 0.5) is 4.39 Å². The van der Waals surface area contributed by atoms with Crippen molar-refractivity contribution in [2.75, 3.05) is 0 Å². The fourth-order valence-corrected chi connectivity index (χ4v) is 3.60. The van der Waals surface area contributed by atoms with Crippen molar-refractivity contribution >= 4 is 11.3 Å². The first-order valence-corrected chi connectivity index (χ1v) is 8.14. The molecular weight excluding hydrogens is 281 g/mol. The predicted molar refractivity (Wildman–Crippen MR) is 89.2 cm³/mol. The molecule has 2 rings (SSSR count). The van der Waals surface area contributed by atoms with Gasteiger partial charge in [-0.05, 0) is 48.6 Å². The maximum absolute atomic E-state index is 13.1. The fraction of sp³-hybridized carbons (Fsp3) is 0.444. The van der Waals surface area contributed by atoms with Gasteiger partial charge in [-0.1, -0.05) is 32.9 Å². The van der Waals surface area contributed by atoms with E-state index in [1.54, 1.807) is 0 Å². The van der Waals surface area contributed by atoms with Crippen molar-refractivity contribution in [1.82, 2.24) is 5.32 Å². The molecule has 0 amide bonds. The zero-order valence-corrected chi connectivity index (χ0v) is 14.3. The Labute approximate surface area is 131 Å². The number of nitrogens with one attached hydrogen (secondary N) is 1. The second-order valence-corrected chi connectivity index (χ2v) is 8.13. The summed E-state index contributed by atoms with van der Waals surface area (Å²) in [6.45, 7) is 11.8. The van der Waals surface area contributed by atoms with Crippen molar-refractivity contribution in [2.45, 2.75) is 47.2 Å². The molecule has 2 aromatic rings. The van der Waals surface area contributed by atoms with Gasteiger partial charge in [0.1, 0.15) is 5.82 Å². The molecule has 0 fully saturated rings. The largest absolute Gasteiger partial charge is 0.305 e. The van der Waals surface area contributed by atoms with Gasteiger partial charge < -0.3 is 5.32 Å². The highest BCUT2D eigenvalue weighted by atomic mass is 32.1. The van der Waals surface area contributed by atoms with Gasteiger partial charge in [-0.25, -0.2) is 4.39 Å². The van der Waals surface area contributed by atoms with Crippen LogP contribution in [0, 0.1) is 25.1 Å². The fourth-order valence-electron chi connectivity index (χ4n) is 2.65. The van der Waals surface area contributed by atoms with E-state index in [0.29, 0.717) is 0 Å². The van der Waals surface area contributed by atoms with Crippen LogP contribution in [0.15, 0.2) is 30.3 Å². The Morgan fingerprint density at radius 1 is 1.14 bits per heavy atom. The van der Waals surface area contributed by atoms with E-state index in [2.05, 4.69) is 46.0 Å². The zero-order valence-electron chi connectivity index (χ0n) is 13.5. The standard InChI is InChI=1S/C18H24FNS/c1-12-10-15(13(2)21-12)11-20-17(18(3,4)5)14-6-8-16(19)9-7-14/h6-10,17,20H,11H2,1-5H3. The monoisotopic (exact) mass is 305 g/mol. The molecule has 1 aromatic carbocycles. The van der Waals surface area contributed by atoms with Crippen LogP contribution >= 0.6 is 11.3 Å². The number of thiophene rings is 1. The first kappa shape index (κ1) is 16.2. The van der Waals surface area contributed by atoms with Gasteiger partial charge in [-0.3, -0.25) is 0 Å². The van der Waals surface area contributed by atoms with Crippen LogP contribution in [0.5, 0.6) is 0 Å². The predicted octanol–water partition coefficient (Wildman–Crippen LogP) is 5.38. The average Bonchev–Trinajstić information content (AvgIpc) is 2.69. The van der Waals surface area contributed by atoms with Crippen LogP contribution in [0.3, 0.4) is 0 Å². The highest BCUT2D eigenvalue weighted by molar-refractivity contribution is 7.12. The van der Waals surface area contributed by atoms with Crippen molar-refractivity contribution in [3.05, 3.63) is 57.0 Å². The van der Waals surface area contributed by atoms with Crippen molar-refractivity contribution in [2.24, 2.45) is 5.41 Å². The van der Waals surface area contributed by atoms with Crippen LogP contribution < -0.4 is 5.32 Å². The Morgan fingerprint density at radius 2 is 1.76 bits per heavy atom. The highest BCUT2D eigenvalue weighted by Gasteiger charge is 2.26. The molecule has 0 aliphatic heterocycles. The summed E-state index contributed by atoms with van der Waals surface area (Å²) in [6.07, 6.45) is 0. The van der Waals surface area contributed by atoms with Gasteiger partial charge in [0.05, 0.1) is 0 Å². The summed E-state index contributed by atoms with van der Waals surface area (Å²) in [7, 11) is 0. The van der Waals surface area contributed by atoms with Crippen LogP contribution in [0.2, 0.25) is 0 Å². The minimum atomic E-state index is -0.185. The molecule has 114 valence electrons. The minimum absolute atomic E-state index is 0.0663. The molecule has 1 N–H and O–H groups in total. The molecule has 0 radical (unpaired) electrons. The molecule has 1 nitrogen and oxygen atoms in total. The molecule has 1 atom stereocenters. The van der Waals surface area contributed by atoms with Crippen LogP contribution in [0.25, 0.3) is 0 Å². The first-order valence-electron chi connectivity index (χ1n) is 7.32. The van der Waals surface area contributed by atoms with E-state index >= 15 is 0 Å². The molecule has 0 bridgehead atoms. The third kappa shape index (κ3) is 4.14. The summed E-state index contributed by atoms with van der Waals surface area (Å²) in [4.78, 5) is 2.71. The Morgan fingerprint density at radius 3 is 2.24 bits per heavy atom. The maximum atomic E-state index is 13.1. The first-order chi connectivity index (χ1) is 9.77. The highest BCUT2D eigenvalue weighted by Crippen LogP contribution is 2.33. The summed E-state index contributed by atoms with van der Waals surface area (Å²) >= 11 is 1.84. The van der Waals surface area contributed by atoms with Crippen LogP contribution in [0.1, 0.15) is 47.7 Å². The van der Waals surface area contributed by atoms with Gasteiger partial charge in [0, 0.05) is 22.3 Å². The molecule has 0 aliphatic carbocycles. The summed E-state index contributed by atoms with van der Waals surface area (Å²) in [5, 5.41) is 3.65. The number of benzene rings is 1. The molecule has 3 heteroatoms. The van der Waals surface area contributed by atoms with Crippen molar-refractivity contribution < 1.29 is 4.39 Å². The Bertz CT molecular complexity index is 593. The Kier molecular flexibility index (Phi) is 4.84. The quantitative estimate of drug-likeness (QED) is 0.799. The zero-order chi connectivity index (χ0) is 15.6. The summed E-state index contributed by atoms with van der Waals surface area (Å²) in [5.74, 6) is -0.185. The molecule has 1 aromatic heterocycles. The van der Waals surface area contributed by atoms with E-state index in [0.717, 1.165) is 12.1 Å². The molecule has 0 aliphatic rings. The number of hydrogen-bond acceptors (Lipinski definition) is 2. The van der Waals surface area contributed by atoms with Crippen LogP contribution in [-0.2, 0) is 6.54 Å². The third-order valence-corrected chi connectivity index (χ3v) is 4.72. The van der Waals surface area contributed by atoms with E-state index in [4.69, 9.17) is 0 Å². The SMILES string of the molecule is Cc1cc(CNC(c2ccc(F)cc2)C(C)(C)C)c(C)s1. The third-order valence-electron chi connectivity index (χ3n) is 3.71. The van der Waals surface area contributed by atoms with E-state index in [-0.39, 0.29) is 17.3 Å². The van der Waals surface area contributed by atoms with Gasteiger partial charge >= 0.3 is 0 Å². The van der Waals surface area contributed by atoms with Gasteiger partial charge in [0.15, 0.2) is 0 Å². The lowest BCUT2D eigenvalue weighted by molar-refractivity contribution is 0.271. The van der Waals surface area contributed by atoms with Gasteiger partial charge in [0.2, 0.25) is 0 Å². The molecule has 1 heterocycles. The lowest BCUT2D eigenvalue weighted by Gasteiger charge is -2.32. The molecule has 0 spiro atoms. The van der Waals surface area contributed by atoms with E-state index in [1.807, 2.05) is 23.5 Å². The summed E-state index contributed by atoms with van der Waals surface area (Å²) < 4.78 is 13.1. The minimum Gasteiger partial charge on any atom is -0.305 e. The van der Waals surface area contributed by atoms with E-state index in [9.17, 15) is 4.39 Å². The molecule has 1 unspecified atom stereocenters. The second-order valence-electron chi connectivity index (χ2n) is 6.67. The van der Waals surface area contributed by atoms with Gasteiger partial charge in [0.25, 0.3) is 0 Å². The number of aryl methyl sites for hydroxylation is 2. The van der Waals surface area contributed by atoms with Crippen molar-refractivity contribution in [3.63, 3.8) is 0 Å². The maximum Gasteiger partial charge on any atom is 0.123 e. The lowest BCUT2D eigenvalue weighted by atomic mass is 9.82. The van der Waals surface area contributed by atoms with Crippen molar-refractivity contribution in [1.29, 1.82) is 0 Å². The normalized spacial score (nSPS) is 13.4. The van der Waals surface area contributed by atoms with Gasteiger partial charge in [-0.2, -0.15) is 0 Å². The molecule has 21 heavy (non-hydrogen) atoms. The van der Waals surface area contributed by atoms with Gasteiger partial charge in [-0.15, -0.1) is 11.3 Å². The van der Waals surface area contributed by atoms with Crippen LogP contribution in [-0.4, -0.2) is 0 Å². The summed E-state index contributed by atoms with van der Waals surface area (Å²) in [6, 6.07) is 9.27. The molecule has 0 saturated carbocycles. The average molecular weight is 305 g/mol. The van der Waals surface area contributed by atoms with E-state index in [1.165, 1.54) is 27.5 Å². The topological polar surface area (TPSA) is 12.0 Å². The smallest absolute Gasteiger partial charge is 0.123 e. The van der Waals surface area contributed by atoms with Crippen molar-refractivity contribution in [3.8, 4) is 0 Å².